The van der Waals surface area contributed by atoms with Crippen molar-refractivity contribution in [3.8, 4) is 0 Å². The first-order valence-corrected chi connectivity index (χ1v) is 7.67. The molecule has 0 fully saturated rings. The zero-order valence-electron chi connectivity index (χ0n) is 11.5. The van der Waals surface area contributed by atoms with Crippen molar-refractivity contribution in [3.05, 3.63) is 68.2 Å². The van der Waals surface area contributed by atoms with Gasteiger partial charge in [0, 0.05) is 27.5 Å². The molecule has 0 spiro atoms. The van der Waals surface area contributed by atoms with Crippen molar-refractivity contribution in [1.29, 1.82) is 0 Å². The summed E-state index contributed by atoms with van der Waals surface area (Å²) >= 11 is 18.5. The lowest BCUT2D eigenvalue weighted by molar-refractivity contribution is 0.147. The summed E-state index contributed by atoms with van der Waals surface area (Å²) in [6, 6.07) is 10.7. The number of benzene rings is 2. The Balaban J connectivity index is 2.43. The van der Waals surface area contributed by atoms with E-state index in [1.54, 1.807) is 24.3 Å². The first kappa shape index (κ1) is 16.6. The average Bonchev–Trinajstić information content (AvgIpc) is 2.45. The largest absolute Gasteiger partial charge is 0.388 e. The average molecular weight is 345 g/mol. The van der Waals surface area contributed by atoms with Crippen molar-refractivity contribution in [2.45, 2.75) is 18.9 Å². The van der Waals surface area contributed by atoms with Crippen molar-refractivity contribution in [2.24, 2.45) is 5.73 Å². The molecule has 2 aromatic rings. The summed E-state index contributed by atoms with van der Waals surface area (Å²) in [5.74, 6) is -0.398. The maximum absolute atomic E-state index is 10.6. The Bertz CT molecular complexity index is 625. The van der Waals surface area contributed by atoms with Gasteiger partial charge in [0.25, 0.3) is 0 Å². The van der Waals surface area contributed by atoms with E-state index in [-0.39, 0.29) is 6.54 Å². The zero-order valence-corrected chi connectivity index (χ0v) is 13.8. The molecule has 112 valence electrons. The number of aliphatic hydroxyl groups is 1. The van der Waals surface area contributed by atoms with E-state index in [9.17, 15) is 5.11 Å². The number of hydrogen-bond donors (Lipinski definition) is 2. The lowest BCUT2D eigenvalue weighted by Crippen LogP contribution is -2.21. The second-order valence-corrected chi connectivity index (χ2v) is 6.15. The van der Waals surface area contributed by atoms with E-state index in [2.05, 4.69) is 0 Å². The van der Waals surface area contributed by atoms with Crippen LogP contribution < -0.4 is 5.73 Å². The molecule has 0 aromatic heterocycles. The van der Waals surface area contributed by atoms with E-state index in [0.717, 1.165) is 5.56 Å². The molecule has 0 aliphatic heterocycles. The minimum Gasteiger partial charge on any atom is -0.388 e. The normalized spacial score (nSPS) is 14.0. The highest BCUT2D eigenvalue weighted by molar-refractivity contribution is 6.36. The van der Waals surface area contributed by atoms with E-state index in [1.165, 1.54) is 0 Å². The molecule has 21 heavy (non-hydrogen) atoms. The van der Waals surface area contributed by atoms with Gasteiger partial charge in [0.2, 0.25) is 0 Å². The van der Waals surface area contributed by atoms with Gasteiger partial charge in [0.1, 0.15) is 0 Å². The van der Waals surface area contributed by atoms with Crippen LogP contribution in [0.2, 0.25) is 15.1 Å². The number of halogens is 3. The number of rotatable bonds is 4. The monoisotopic (exact) mass is 343 g/mol. The van der Waals surface area contributed by atoms with Gasteiger partial charge in [-0.05, 0) is 41.8 Å². The highest BCUT2D eigenvalue weighted by atomic mass is 35.5. The standard InChI is InChI=1S/C16H16Cl3NO/c1-9-5-6-10(7-14(9)19)16(21)11(8-20)15-12(17)3-2-4-13(15)18/h2-7,11,16,21H,8,20H2,1H3. The Labute approximate surface area is 139 Å². The lowest BCUT2D eigenvalue weighted by atomic mass is 9.89. The van der Waals surface area contributed by atoms with Crippen LogP contribution in [0.1, 0.15) is 28.7 Å². The second kappa shape index (κ2) is 6.99. The third-order valence-corrected chi connectivity index (χ3v) is 4.61. The minimum atomic E-state index is -0.828. The van der Waals surface area contributed by atoms with Gasteiger partial charge in [0.05, 0.1) is 6.10 Å². The molecule has 3 N–H and O–H groups in total. The Hall–Kier alpha value is -0.770. The van der Waals surface area contributed by atoms with Crippen LogP contribution in [-0.4, -0.2) is 11.7 Å². The Morgan fingerprint density at radius 3 is 2.19 bits per heavy atom. The predicted octanol–water partition coefficient (Wildman–Crippen LogP) is 4.73. The summed E-state index contributed by atoms with van der Waals surface area (Å²) < 4.78 is 0. The fourth-order valence-corrected chi connectivity index (χ4v) is 3.16. The number of aryl methyl sites for hydroxylation is 1. The van der Waals surface area contributed by atoms with Gasteiger partial charge in [0.15, 0.2) is 0 Å². The topological polar surface area (TPSA) is 46.2 Å². The summed E-state index contributed by atoms with van der Waals surface area (Å²) in [5.41, 5.74) is 8.14. The van der Waals surface area contributed by atoms with Gasteiger partial charge >= 0.3 is 0 Å². The third kappa shape index (κ3) is 3.53. The molecule has 2 unspecified atom stereocenters. The summed E-state index contributed by atoms with van der Waals surface area (Å²) in [4.78, 5) is 0. The van der Waals surface area contributed by atoms with Crippen LogP contribution in [0.5, 0.6) is 0 Å². The van der Waals surface area contributed by atoms with Gasteiger partial charge in [-0.25, -0.2) is 0 Å². The van der Waals surface area contributed by atoms with Crippen LogP contribution >= 0.6 is 34.8 Å². The fourth-order valence-electron chi connectivity index (χ4n) is 2.29. The van der Waals surface area contributed by atoms with Crippen LogP contribution in [0.15, 0.2) is 36.4 Å². The van der Waals surface area contributed by atoms with Crippen molar-refractivity contribution in [2.75, 3.05) is 6.54 Å². The predicted molar refractivity (Wildman–Crippen MR) is 89.4 cm³/mol. The van der Waals surface area contributed by atoms with E-state index in [4.69, 9.17) is 40.5 Å². The molecular formula is C16H16Cl3NO. The van der Waals surface area contributed by atoms with Crippen LogP contribution in [0.25, 0.3) is 0 Å². The molecule has 2 atom stereocenters. The van der Waals surface area contributed by atoms with E-state index in [0.29, 0.717) is 26.2 Å². The van der Waals surface area contributed by atoms with Gasteiger partial charge < -0.3 is 10.8 Å². The highest BCUT2D eigenvalue weighted by Crippen LogP contribution is 2.39. The van der Waals surface area contributed by atoms with Crippen molar-refractivity contribution >= 4 is 34.8 Å². The van der Waals surface area contributed by atoms with Gasteiger partial charge in [-0.1, -0.05) is 53.0 Å². The fraction of sp³-hybridized carbons (Fsp3) is 0.250. The molecule has 0 aliphatic carbocycles. The zero-order chi connectivity index (χ0) is 15.6. The molecule has 2 rings (SSSR count). The molecule has 0 amide bonds. The van der Waals surface area contributed by atoms with Crippen molar-refractivity contribution in [3.63, 3.8) is 0 Å². The summed E-state index contributed by atoms with van der Waals surface area (Å²) in [7, 11) is 0. The molecule has 5 heteroatoms. The van der Waals surface area contributed by atoms with Crippen LogP contribution in [0.4, 0.5) is 0 Å². The summed E-state index contributed by atoms with van der Waals surface area (Å²) in [6.07, 6.45) is -0.828. The Morgan fingerprint density at radius 1 is 1.05 bits per heavy atom. The SMILES string of the molecule is Cc1ccc(C(O)C(CN)c2c(Cl)cccc2Cl)cc1Cl. The van der Waals surface area contributed by atoms with Crippen molar-refractivity contribution in [1.82, 2.24) is 0 Å². The molecule has 0 aliphatic rings. The molecule has 0 saturated carbocycles. The number of nitrogens with two attached hydrogens (primary N) is 1. The molecule has 0 heterocycles. The van der Waals surface area contributed by atoms with Crippen LogP contribution in [0.3, 0.4) is 0 Å². The molecule has 0 radical (unpaired) electrons. The summed E-state index contributed by atoms with van der Waals surface area (Å²) in [6.45, 7) is 2.12. The maximum atomic E-state index is 10.6. The van der Waals surface area contributed by atoms with E-state index < -0.39 is 12.0 Å². The first-order chi connectivity index (χ1) is 9.95. The lowest BCUT2D eigenvalue weighted by Gasteiger charge is -2.24. The Kier molecular flexibility index (Phi) is 5.53. The highest BCUT2D eigenvalue weighted by Gasteiger charge is 2.26. The molecule has 2 nitrogen and oxygen atoms in total. The molecule has 0 bridgehead atoms. The number of hydrogen-bond acceptors (Lipinski definition) is 2. The third-order valence-electron chi connectivity index (χ3n) is 3.54. The minimum absolute atomic E-state index is 0.218. The smallest absolute Gasteiger partial charge is 0.0872 e. The first-order valence-electron chi connectivity index (χ1n) is 6.53. The van der Waals surface area contributed by atoms with Crippen molar-refractivity contribution < 1.29 is 5.11 Å². The van der Waals surface area contributed by atoms with Gasteiger partial charge in [-0.3, -0.25) is 0 Å². The van der Waals surface area contributed by atoms with E-state index >= 15 is 0 Å². The quantitative estimate of drug-likeness (QED) is 0.842. The maximum Gasteiger partial charge on any atom is 0.0872 e. The van der Waals surface area contributed by atoms with Crippen LogP contribution in [0, 0.1) is 6.92 Å². The van der Waals surface area contributed by atoms with E-state index in [1.807, 2.05) is 19.1 Å². The molecule has 0 saturated heterocycles. The molecule has 2 aromatic carbocycles. The number of aliphatic hydroxyl groups excluding tert-OH is 1. The summed E-state index contributed by atoms with van der Waals surface area (Å²) in [5, 5.41) is 12.2. The van der Waals surface area contributed by atoms with Gasteiger partial charge in [-0.15, -0.1) is 0 Å². The van der Waals surface area contributed by atoms with Gasteiger partial charge in [-0.2, -0.15) is 0 Å². The molecular weight excluding hydrogens is 329 g/mol. The van der Waals surface area contributed by atoms with Crippen LogP contribution in [-0.2, 0) is 0 Å². The second-order valence-electron chi connectivity index (χ2n) is 4.93. The Morgan fingerprint density at radius 2 is 1.67 bits per heavy atom.